The second-order valence-corrected chi connectivity index (χ2v) is 6.81. The molecule has 1 fully saturated rings. The van der Waals surface area contributed by atoms with Gasteiger partial charge in [0.1, 0.15) is 18.0 Å². The van der Waals surface area contributed by atoms with Crippen molar-refractivity contribution < 1.29 is 34.3 Å². The molecule has 152 valence electrons. The zero-order valence-electron chi connectivity index (χ0n) is 15.3. The molecule has 0 unspecified atom stereocenters. The Hall–Kier alpha value is -2.75. The summed E-state index contributed by atoms with van der Waals surface area (Å²) in [5, 5.41) is 30.8. The van der Waals surface area contributed by atoms with E-state index in [4.69, 9.17) is 14.2 Å². The molecule has 3 N–H and O–H groups in total. The van der Waals surface area contributed by atoms with E-state index in [2.05, 4.69) is 4.98 Å². The lowest BCUT2D eigenvalue weighted by Crippen LogP contribution is -2.46. The first kappa shape index (κ1) is 19.6. The van der Waals surface area contributed by atoms with Gasteiger partial charge in [0, 0.05) is 5.39 Å². The summed E-state index contributed by atoms with van der Waals surface area (Å²) in [4.78, 5) is 16.9. The Labute approximate surface area is 166 Å². The summed E-state index contributed by atoms with van der Waals surface area (Å²) in [6.07, 6.45) is -2.93. The predicted molar refractivity (Wildman–Crippen MR) is 101 cm³/mol. The maximum atomic E-state index is 12.8. The van der Waals surface area contributed by atoms with Crippen LogP contribution in [-0.2, 0) is 20.9 Å². The van der Waals surface area contributed by atoms with E-state index in [0.29, 0.717) is 10.9 Å². The molecule has 3 aromatic rings. The maximum Gasteiger partial charge on any atom is 0.343 e. The first-order valence-electron chi connectivity index (χ1n) is 9.08. The molecule has 1 saturated heterocycles. The van der Waals surface area contributed by atoms with E-state index < -0.39 is 36.7 Å². The Kier molecular flexibility index (Phi) is 5.35. The van der Waals surface area contributed by atoms with Crippen LogP contribution in [0.15, 0.2) is 60.8 Å². The van der Waals surface area contributed by atoms with Gasteiger partial charge in [-0.3, -0.25) is 0 Å². The van der Waals surface area contributed by atoms with Gasteiger partial charge in [0.05, 0.1) is 13.2 Å². The molecule has 4 rings (SSSR count). The summed E-state index contributed by atoms with van der Waals surface area (Å²) in [5.74, 6) is -2.98. The number of hydrogen-bond acceptors (Lipinski definition) is 7. The molecule has 8 heteroatoms. The van der Waals surface area contributed by atoms with Crippen molar-refractivity contribution in [2.24, 2.45) is 0 Å². The molecule has 0 radical (unpaired) electrons. The highest BCUT2D eigenvalue weighted by atomic mass is 16.7. The van der Waals surface area contributed by atoms with E-state index in [1.54, 1.807) is 18.2 Å². The number of aliphatic hydroxyl groups is 3. The van der Waals surface area contributed by atoms with Crippen molar-refractivity contribution >= 4 is 16.9 Å². The van der Waals surface area contributed by atoms with Crippen LogP contribution in [-0.4, -0.2) is 52.0 Å². The third-order valence-electron chi connectivity index (χ3n) is 4.85. The van der Waals surface area contributed by atoms with Crippen molar-refractivity contribution in [3.05, 3.63) is 66.4 Å². The van der Waals surface area contributed by atoms with Crippen LogP contribution < -0.4 is 9.72 Å². The van der Waals surface area contributed by atoms with Crippen molar-refractivity contribution in [1.82, 2.24) is 4.98 Å². The first-order chi connectivity index (χ1) is 14.0. The van der Waals surface area contributed by atoms with E-state index in [0.717, 1.165) is 5.56 Å². The molecule has 0 bridgehead atoms. The van der Waals surface area contributed by atoms with E-state index >= 15 is 0 Å². The van der Waals surface area contributed by atoms with Crippen molar-refractivity contribution in [3.8, 4) is 5.75 Å². The molecule has 1 aliphatic heterocycles. The fourth-order valence-corrected chi connectivity index (χ4v) is 3.28. The smallest absolute Gasteiger partial charge is 0.343 e. The molecule has 2 heterocycles. The Morgan fingerprint density at radius 2 is 1.86 bits per heavy atom. The number of esters is 1. The number of carbonyl (C=O) groups excluding carboxylic acids is 1. The minimum absolute atomic E-state index is 0.0675. The number of aliphatic hydroxyl groups excluding tert-OH is 2. The van der Waals surface area contributed by atoms with E-state index in [-0.39, 0.29) is 12.4 Å². The van der Waals surface area contributed by atoms with Crippen LogP contribution in [0.2, 0.25) is 0 Å². The van der Waals surface area contributed by atoms with Gasteiger partial charge in [0.25, 0.3) is 0 Å². The molecule has 0 saturated carbocycles. The van der Waals surface area contributed by atoms with Gasteiger partial charge in [-0.15, -0.1) is 11.7 Å². The second-order valence-electron chi connectivity index (χ2n) is 6.81. The van der Waals surface area contributed by atoms with Gasteiger partial charge in [0.15, 0.2) is 6.10 Å². The largest absolute Gasteiger partial charge is 0.661 e. The predicted octanol–water partition coefficient (Wildman–Crippen LogP) is 0.728. The third kappa shape index (κ3) is 3.76. The van der Waals surface area contributed by atoms with E-state index in [1.807, 2.05) is 36.4 Å². The quantitative estimate of drug-likeness (QED) is 0.520. The van der Waals surface area contributed by atoms with Crippen LogP contribution in [0, 0.1) is 0 Å². The zero-order valence-corrected chi connectivity index (χ0v) is 15.3. The van der Waals surface area contributed by atoms with Gasteiger partial charge in [0.2, 0.25) is 5.79 Å². The average molecular weight is 398 g/mol. The molecule has 1 aliphatic rings. The number of carbonyl (C=O) groups is 1. The number of hydrogen-bond donors (Lipinski definition) is 3. The maximum absolute atomic E-state index is 12.8. The van der Waals surface area contributed by atoms with Crippen LogP contribution in [0.1, 0.15) is 5.56 Å². The van der Waals surface area contributed by atoms with Gasteiger partial charge in [-0.05, 0) is 5.56 Å². The van der Waals surface area contributed by atoms with Gasteiger partial charge >= 0.3 is 5.97 Å². The van der Waals surface area contributed by atoms with Crippen LogP contribution in [0.3, 0.4) is 0 Å². The lowest BCUT2D eigenvalue weighted by molar-refractivity contribution is -0.246. The molecule has 0 amide bonds. The summed E-state index contributed by atoms with van der Waals surface area (Å²) in [6.45, 7) is -0.845. The molecule has 8 nitrogen and oxygen atoms in total. The minimum Gasteiger partial charge on any atom is -0.661 e. The van der Waals surface area contributed by atoms with Gasteiger partial charge in [-0.1, -0.05) is 54.6 Å². The standard InChI is InChI=1S/C21H20NO7/c23-12-21(26)19(24)17(27-11-13-6-2-1-3-7-13)18(29-21)20(25)28-16-10-22-15-9-5-4-8-14(15)16/h1-10,17-19,23-24,26H,11-12H2/q-1/t17-,18+,19+,21-/m0/s1. The highest BCUT2D eigenvalue weighted by Gasteiger charge is 2.57. The molecular formula is C21H20NO7-. The number of benzene rings is 2. The minimum atomic E-state index is -2.34. The summed E-state index contributed by atoms with van der Waals surface area (Å²) in [6, 6.07) is 16.2. The Morgan fingerprint density at radius 1 is 1.14 bits per heavy atom. The molecule has 1 aromatic heterocycles. The fraction of sp³-hybridized carbons (Fsp3) is 0.286. The molecule has 29 heavy (non-hydrogen) atoms. The van der Waals surface area contributed by atoms with Crippen molar-refractivity contribution in [1.29, 1.82) is 0 Å². The van der Waals surface area contributed by atoms with Crippen molar-refractivity contribution in [2.45, 2.75) is 30.7 Å². The SMILES string of the molecule is O=C(Oc1c[n-]c2ccccc12)[C@@H]1O[C@@](O)(CO)[C@H](O)[C@H]1OCc1ccccc1. The lowest BCUT2D eigenvalue weighted by Gasteiger charge is -2.23. The molecule has 4 atom stereocenters. The molecule has 0 aliphatic carbocycles. The second kappa shape index (κ2) is 7.94. The lowest BCUT2D eigenvalue weighted by atomic mass is 10.1. The van der Waals surface area contributed by atoms with Crippen molar-refractivity contribution in [2.75, 3.05) is 6.61 Å². The number of para-hydroxylation sites is 1. The summed E-state index contributed by atoms with van der Waals surface area (Å²) in [7, 11) is 0. The number of ether oxygens (including phenoxy) is 3. The average Bonchev–Trinajstić information content (AvgIpc) is 3.27. The monoisotopic (exact) mass is 398 g/mol. The fourth-order valence-electron chi connectivity index (χ4n) is 3.28. The van der Waals surface area contributed by atoms with Crippen molar-refractivity contribution in [3.63, 3.8) is 0 Å². The van der Waals surface area contributed by atoms with Crippen LogP contribution in [0.5, 0.6) is 5.75 Å². The van der Waals surface area contributed by atoms with Crippen LogP contribution in [0.4, 0.5) is 0 Å². The number of rotatable bonds is 6. The number of fused-ring (bicyclic) bond motifs is 1. The molecular weight excluding hydrogens is 378 g/mol. The van der Waals surface area contributed by atoms with Gasteiger partial charge in [-0.2, -0.15) is 0 Å². The normalized spacial score (nSPS) is 26.7. The highest BCUT2D eigenvalue weighted by Crippen LogP contribution is 2.33. The van der Waals surface area contributed by atoms with E-state index in [9.17, 15) is 20.1 Å². The molecule has 2 aromatic carbocycles. The number of aromatic nitrogens is 1. The third-order valence-corrected chi connectivity index (χ3v) is 4.85. The topological polar surface area (TPSA) is 120 Å². The molecule has 0 spiro atoms. The van der Waals surface area contributed by atoms with Crippen LogP contribution in [0.25, 0.3) is 10.9 Å². The summed E-state index contributed by atoms with van der Waals surface area (Å²) in [5.41, 5.74) is 1.46. The Morgan fingerprint density at radius 3 is 2.62 bits per heavy atom. The highest BCUT2D eigenvalue weighted by molar-refractivity contribution is 5.89. The summed E-state index contributed by atoms with van der Waals surface area (Å²) >= 11 is 0. The van der Waals surface area contributed by atoms with Gasteiger partial charge in [-0.25, -0.2) is 4.79 Å². The van der Waals surface area contributed by atoms with Crippen LogP contribution >= 0.6 is 0 Å². The zero-order chi connectivity index (χ0) is 20.4. The van der Waals surface area contributed by atoms with E-state index in [1.165, 1.54) is 6.20 Å². The summed E-state index contributed by atoms with van der Waals surface area (Å²) < 4.78 is 16.4. The van der Waals surface area contributed by atoms with Gasteiger partial charge < -0.3 is 34.5 Å². The Bertz CT molecular complexity index is 989. The number of nitrogens with zero attached hydrogens (tertiary/aromatic N) is 1. The first-order valence-corrected chi connectivity index (χ1v) is 9.08. The Balaban J connectivity index is 1.54.